The van der Waals surface area contributed by atoms with Crippen LogP contribution in [0.2, 0.25) is 0 Å². The summed E-state index contributed by atoms with van der Waals surface area (Å²) in [7, 11) is 0. The predicted molar refractivity (Wildman–Crippen MR) is 73.6 cm³/mol. The van der Waals surface area contributed by atoms with Crippen molar-refractivity contribution in [2.24, 2.45) is 0 Å². The van der Waals surface area contributed by atoms with Gasteiger partial charge in [0.15, 0.2) is 5.78 Å². The Labute approximate surface area is 119 Å². The molecule has 0 unspecified atom stereocenters. The molecule has 1 heterocycles. The van der Waals surface area contributed by atoms with Crippen LogP contribution in [0.25, 0.3) is 0 Å². The quantitative estimate of drug-likeness (QED) is 0.813. The van der Waals surface area contributed by atoms with Crippen molar-refractivity contribution in [3.05, 3.63) is 57.1 Å². The molecule has 0 saturated carbocycles. The first-order valence-corrected chi connectivity index (χ1v) is 6.54. The van der Waals surface area contributed by atoms with Crippen molar-refractivity contribution in [1.82, 2.24) is 10.2 Å². The summed E-state index contributed by atoms with van der Waals surface area (Å²) in [6, 6.07) is 6.03. The van der Waals surface area contributed by atoms with Crippen LogP contribution < -0.4 is 0 Å². The summed E-state index contributed by atoms with van der Waals surface area (Å²) < 4.78 is 13.6. The molecule has 0 amide bonds. The molecule has 0 N–H and O–H groups in total. The summed E-state index contributed by atoms with van der Waals surface area (Å²) in [5.74, 6) is -0.386. The summed E-state index contributed by atoms with van der Waals surface area (Å²) >= 11 is 3.26. The second-order valence-electron chi connectivity index (χ2n) is 4.32. The number of nitrogens with zero attached hydrogens (tertiary/aromatic N) is 2. The fourth-order valence-electron chi connectivity index (χ4n) is 1.77. The van der Waals surface area contributed by atoms with E-state index >= 15 is 0 Å². The number of benzene rings is 1. The lowest BCUT2D eigenvalue weighted by Gasteiger charge is -2.06. The number of hydrogen-bond donors (Lipinski definition) is 0. The highest BCUT2D eigenvalue weighted by atomic mass is 79.9. The molecule has 0 radical (unpaired) electrons. The normalized spacial score (nSPS) is 10.5. The van der Waals surface area contributed by atoms with Crippen molar-refractivity contribution in [2.75, 3.05) is 0 Å². The van der Waals surface area contributed by atoms with E-state index in [1.807, 2.05) is 0 Å². The van der Waals surface area contributed by atoms with Crippen molar-refractivity contribution in [3.63, 3.8) is 0 Å². The third-order valence-electron chi connectivity index (χ3n) is 2.77. The average Bonchev–Trinajstić information content (AvgIpc) is 2.35. The fraction of sp³-hybridized carbons (Fsp3) is 0.214. The number of aryl methyl sites for hydroxylation is 2. The molecular formula is C14H12BrFN2O. The van der Waals surface area contributed by atoms with Gasteiger partial charge < -0.3 is 0 Å². The Morgan fingerprint density at radius 3 is 2.68 bits per heavy atom. The SMILES string of the molecule is Cc1cc(C(=O)Cc2ccc(F)cc2Br)c(C)nn1. The lowest BCUT2D eigenvalue weighted by molar-refractivity contribution is 0.0991. The number of carbonyl (C=O) groups is 1. The highest BCUT2D eigenvalue weighted by Gasteiger charge is 2.13. The fourth-order valence-corrected chi connectivity index (χ4v) is 2.26. The molecule has 0 bridgehead atoms. The minimum atomic E-state index is -0.333. The second-order valence-corrected chi connectivity index (χ2v) is 5.17. The molecule has 0 aliphatic carbocycles. The maximum atomic E-state index is 13.0. The van der Waals surface area contributed by atoms with Gasteiger partial charge in [-0.25, -0.2) is 4.39 Å². The van der Waals surface area contributed by atoms with Crippen LogP contribution in [0.5, 0.6) is 0 Å². The third kappa shape index (κ3) is 3.23. The summed E-state index contributed by atoms with van der Waals surface area (Å²) in [4.78, 5) is 12.2. The van der Waals surface area contributed by atoms with E-state index in [-0.39, 0.29) is 18.0 Å². The van der Waals surface area contributed by atoms with Gasteiger partial charge in [0.2, 0.25) is 0 Å². The molecule has 0 aliphatic heterocycles. The smallest absolute Gasteiger partial charge is 0.169 e. The molecule has 98 valence electrons. The highest BCUT2D eigenvalue weighted by Crippen LogP contribution is 2.20. The average molecular weight is 323 g/mol. The van der Waals surface area contributed by atoms with Crippen molar-refractivity contribution in [3.8, 4) is 0 Å². The Hall–Kier alpha value is -1.62. The van der Waals surface area contributed by atoms with Crippen LogP contribution in [-0.2, 0) is 6.42 Å². The van der Waals surface area contributed by atoms with Crippen LogP contribution in [0.1, 0.15) is 27.3 Å². The van der Waals surface area contributed by atoms with Crippen LogP contribution in [-0.4, -0.2) is 16.0 Å². The molecule has 0 fully saturated rings. The minimum absolute atomic E-state index is 0.0530. The number of aromatic nitrogens is 2. The van der Waals surface area contributed by atoms with Crippen molar-refractivity contribution >= 4 is 21.7 Å². The van der Waals surface area contributed by atoms with Gasteiger partial charge in [0, 0.05) is 16.5 Å². The van der Waals surface area contributed by atoms with E-state index in [1.54, 1.807) is 26.0 Å². The Kier molecular flexibility index (Phi) is 4.04. The zero-order valence-electron chi connectivity index (χ0n) is 10.6. The maximum absolute atomic E-state index is 13.0. The van der Waals surface area contributed by atoms with Crippen molar-refractivity contribution < 1.29 is 9.18 Å². The Morgan fingerprint density at radius 2 is 2.00 bits per heavy atom. The lowest BCUT2D eigenvalue weighted by Crippen LogP contribution is -2.09. The van der Waals surface area contributed by atoms with Gasteiger partial charge in [-0.1, -0.05) is 22.0 Å². The van der Waals surface area contributed by atoms with E-state index in [2.05, 4.69) is 26.1 Å². The van der Waals surface area contributed by atoms with Crippen molar-refractivity contribution in [1.29, 1.82) is 0 Å². The molecule has 19 heavy (non-hydrogen) atoms. The van der Waals surface area contributed by atoms with Crippen LogP contribution in [0, 0.1) is 19.7 Å². The Balaban J connectivity index is 2.28. The van der Waals surface area contributed by atoms with Gasteiger partial charge in [-0.05, 0) is 37.6 Å². The van der Waals surface area contributed by atoms with E-state index in [1.165, 1.54) is 12.1 Å². The molecule has 0 atom stereocenters. The molecule has 5 heteroatoms. The first kappa shape index (κ1) is 13.8. The molecule has 2 aromatic rings. The van der Waals surface area contributed by atoms with E-state index in [9.17, 15) is 9.18 Å². The zero-order chi connectivity index (χ0) is 14.0. The Bertz CT molecular complexity index is 643. The first-order chi connectivity index (χ1) is 8.97. The number of hydrogen-bond acceptors (Lipinski definition) is 3. The summed E-state index contributed by atoms with van der Waals surface area (Å²) in [5.41, 5.74) is 2.62. The zero-order valence-corrected chi connectivity index (χ0v) is 12.2. The topological polar surface area (TPSA) is 42.9 Å². The Morgan fingerprint density at radius 1 is 1.26 bits per heavy atom. The lowest BCUT2D eigenvalue weighted by atomic mass is 10.0. The van der Waals surface area contributed by atoms with E-state index in [4.69, 9.17) is 0 Å². The predicted octanol–water partition coefficient (Wildman–Crippen LogP) is 3.42. The summed E-state index contributed by atoms with van der Waals surface area (Å²) in [5, 5.41) is 7.83. The second kappa shape index (κ2) is 5.57. The molecule has 0 aliphatic rings. The molecule has 1 aromatic heterocycles. The van der Waals surface area contributed by atoms with Crippen LogP contribution in [0.15, 0.2) is 28.7 Å². The van der Waals surface area contributed by atoms with E-state index in [0.717, 1.165) is 5.56 Å². The van der Waals surface area contributed by atoms with Crippen LogP contribution in [0.4, 0.5) is 4.39 Å². The number of rotatable bonds is 3. The van der Waals surface area contributed by atoms with Crippen LogP contribution in [0.3, 0.4) is 0 Å². The number of carbonyl (C=O) groups excluding carboxylic acids is 1. The molecule has 1 aromatic carbocycles. The standard InChI is InChI=1S/C14H12BrFN2O/c1-8-5-12(9(2)18-17-8)14(19)6-10-3-4-11(16)7-13(10)15/h3-5,7H,6H2,1-2H3. The first-order valence-electron chi connectivity index (χ1n) is 5.75. The number of ketones is 1. The molecule has 0 saturated heterocycles. The number of halogens is 2. The van der Waals surface area contributed by atoms with Gasteiger partial charge in [0.1, 0.15) is 5.82 Å². The van der Waals surface area contributed by atoms with Gasteiger partial charge in [0.25, 0.3) is 0 Å². The molecule has 3 nitrogen and oxygen atoms in total. The summed E-state index contributed by atoms with van der Waals surface area (Å²) in [6.45, 7) is 3.54. The molecule has 0 spiro atoms. The maximum Gasteiger partial charge on any atom is 0.169 e. The molecule has 2 rings (SSSR count). The highest BCUT2D eigenvalue weighted by molar-refractivity contribution is 9.10. The van der Waals surface area contributed by atoms with Gasteiger partial charge >= 0.3 is 0 Å². The van der Waals surface area contributed by atoms with Gasteiger partial charge in [-0.15, -0.1) is 0 Å². The largest absolute Gasteiger partial charge is 0.294 e. The van der Waals surface area contributed by atoms with Crippen molar-refractivity contribution in [2.45, 2.75) is 20.3 Å². The number of Topliss-reactive ketones (excluding diaryl/α,β-unsaturated/α-hetero) is 1. The third-order valence-corrected chi connectivity index (χ3v) is 3.51. The monoisotopic (exact) mass is 322 g/mol. The minimum Gasteiger partial charge on any atom is -0.294 e. The van der Waals surface area contributed by atoms with Crippen LogP contribution >= 0.6 is 15.9 Å². The summed E-state index contributed by atoms with van der Waals surface area (Å²) in [6.07, 6.45) is 0.201. The van der Waals surface area contributed by atoms with E-state index in [0.29, 0.717) is 21.4 Å². The van der Waals surface area contributed by atoms with Gasteiger partial charge in [-0.2, -0.15) is 10.2 Å². The van der Waals surface area contributed by atoms with E-state index < -0.39 is 0 Å². The molecular weight excluding hydrogens is 311 g/mol. The van der Waals surface area contributed by atoms with Gasteiger partial charge in [0.05, 0.1) is 11.4 Å². The van der Waals surface area contributed by atoms with Gasteiger partial charge in [-0.3, -0.25) is 4.79 Å².